The van der Waals surface area contributed by atoms with Gasteiger partial charge in [-0.3, -0.25) is 4.79 Å². The Hall–Kier alpha value is -2.38. The highest BCUT2D eigenvalue weighted by molar-refractivity contribution is 7.89. The number of carbonyl (C=O) groups excluding carboxylic acids is 1. The van der Waals surface area contributed by atoms with Crippen molar-refractivity contribution < 1.29 is 17.9 Å². The summed E-state index contributed by atoms with van der Waals surface area (Å²) in [5.74, 6) is 0.338. The zero-order valence-corrected chi connectivity index (χ0v) is 14.6. The van der Waals surface area contributed by atoms with Gasteiger partial charge in [0.1, 0.15) is 5.75 Å². The van der Waals surface area contributed by atoms with Crippen molar-refractivity contribution in [2.75, 3.05) is 19.0 Å². The van der Waals surface area contributed by atoms with Crippen LogP contribution in [0.5, 0.6) is 5.75 Å². The van der Waals surface area contributed by atoms with E-state index < -0.39 is 10.0 Å². The van der Waals surface area contributed by atoms with Crippen molar-refractivity contribution >= 4 is 21.6 Å². The number of ether oxygens (including phenoxy) is 1. The highest BCUT2D eigenvalue weighted by Crippen LogP contribution is 2.19. The second-order valence-electron chi connectivity index (χ2n) is 5.34. The molecule has 0 atom stereocenters. The molecule has 0 heterocycles. The molecule has 24 heavy (non-hydrogen) atoms. The standard InChI is InChI=1S/C17H20N2O4S/c1-12-4-9-16(13(2)10-12)23-11-17(20)19-14-5-7-15(8-6-14)24(21,22)18-3/h4-10,18H,11H2,1-3H3,(H,19,20). The molecule has 0 unspecified atom stereocenters. The Morgan fingerprint density at radius 1 is 1.08 bits per heavy atom. The summed E-state index contributed by atoms with van der Waals surface area (Å²) in [6.07, 6.45) is 0. The van der Waals surface area contributed by atoms with Gasteiger partial charge in [0, 0.05) is 5.69 Å². The molecule has 0 aliphatic heterocycles. The fourth-order valence-corrected chi connectivity index (χ4v) is 2.87. The quantitative estimate of drug-likeness (QED) is 0.838. The number of anilines is 1. The van der Waals surface area contributed by atoms with E-state index in [2.05, 4.69) is 10.0 Å². The Bertz CT molecular complexity index is 830. The molecule has 0 aliphatic rings. The van der Waals surface area contributed by atoms with Crippen molar-refractivity contribution in [3.05, 3.63) is 53.6 Å². The average molecular weight is 348 g/mol. The topological polar surface area (TPSA) is 84.5 Å². The molecule has 1 amide bonds. The van der Waals surface area contributed by atoms with Gasteiger partial charge in [-0.25, -0.2) is 13.1 Å². The van der Waals surface area contributed by atoms with Crippen LogP contribution >= 0.6 is 0 Å². The second kappa shape index (κ2) is 7.46. The highest BCUT2D eigenvalue weighted by Gasteiger charge is 2.11. The van der Waals surface area contributed by atoms with Crippen molar-refractivity contribution in [1.82, 2.24) is 4.72 Å². The van der Waals surface area contributed by atoms with E-state index >= 15 is 0 Å². The van der Waals surface area contributed by atoms with Gasteiger partial charge in [-0.2, -0.15) is 0 Å². The van der Waals surface area contributed by atoms with Gasteiger partial charge in [0.15, 0.2) is 6.61 Å². The number of nitrogens with one attached hydrogen (secondary N) is 2. The third kappa shape index (κ3) is 4.56. The molecule has 2 aromatic carbocycles. The molecule has 0 aromatic heterocycles. The smallest absolute Gasteiger partial charge is 0.262 e. The Labute approximate surface area is 141 Å². The molecule has 2 aromatic rings. The molecule has 0 radical (unpaired) electrons. The number of aryl methyl sites for hydroxylation is 2. The molecule has 0 saturated carbocycles. The van der Waals surface area contributed by atoms with E-state index in [0.29, 0.717) is 11.4 Å². The number of hydrogen-bond acceptors (Lipinski definition) is 4. The SMILES string of the molecule is CNS(=O)(=O)c1ccc(NC(=O)COc2ccc(C)cc2C)cc1. The summed E-state index contributed by atoms with van der Waals surface area (Å²) in [5, 5.41) is 2.66. The minimum atomic E-state index is -3.49. The van der Waals surface area contributed by atoms with Crippen LogP contribution < -0.4 is 14.8 Å². The van der Waals surface area contributed by atoms with E-state index in [1.54, 1.807) is 0 Å². The molecule has 2 rings (SSSR count). The number of sulfonamides is 1. The van der Waals surface area contributed by atoms with E-state index in [4.69, 9.17) is 4.74 Å². The lowest BCUT2D eigenvalue weighted by molar-refractivity contribution is -0.118. The minimum absolute atomic E-state index is 0.125. The zero-order valence-electron chi connectivity index (χ0n) is 13.8. The van der Waals surface area contributed by atoms with Crippen LogP contribution in [0.4, 0.5) is 5.69 Å². The number of benzene rings is 2. The third-order valence-electron chi connectivity index (χ3n) is 3.41. The van der Waals surface area contributed by atoms with Gasteiger partial charge in [-0.05, 0) is 56.8 Å². The summed E-state index contributed by atoms with van der Waals surface area (Å²) in [7, 11) is -2.14. The van der Waals surface area contributed by atoms with E-state index in [0.717, 1.165) is 11.1 Å². The first-order chi connectivity index (χ1) is 11.3. The largest absolute Gasteiger partial charge is 0.483 e. The lowest BCUT2D eigenvalue weighted by Crippen LogP contribution is -2.21. The van der Waals surface area contributed by atoms with Gasteiger partial charge in [0.2, 0.25) is 10.0 Å². The van der Waals surface area contributed by atoms with Crippen molar-refractivity contribution in [1.29, 1.82) is 0 Å². The Morgan fingerprint density at radius 2 is 1.75 bits per heavy atom. The minimum Gasteiger partial charge on any atom is -0.483 e. The molecular formula is C17H20N2O4S. The van der Waals surface area contributed by atoms with Gasteiger partial charge in [0.25, 0.3) is 5.91 Å². The summed E-state index contributed by atoms with van der Waals surface area (Å²) in [4.78, 5) is 12.1. The zero-order chi connectivity index (χ0) is 17.7. The van der Waals surface area contributed by atoms with Gasteiger partial charge < -0.3 is 10.1 Å². The number of hydrogen-bond donors (Lipinski definition) is 2. The lowest BCUT2D eigenvalue weighted by Gasteiger charge is -2.10. The first-order valence-electron chi connectivity index (χ1n) is 7.35. The molecule has 0 bridgehead atoms. The van der Waals surface area contributed by atoms with Crippen LogP contribution in [0.15, 0.2) is 47.4 Å². The Kier molecular flexibility index (Phi) is 5.58. The first-order valence-corrected chi connectivity index (χ1v) is 8.83. The Morgan fingerprint density at radius 3 is 2.33 bits per heavy atom. The average Bonchev–Trinajstić information content (AvgIpc) is 2.54. The Balaban J connectivity index is 1.95. The molecular weight excluding hydrogens is 328 g/mol. The van der Waals surface area contributed by atoms with Crippen molar-refractivity contribution in [3.8, 4) is 5.75 Å². The monoisotopic (exact) mass is 348 g/mol. The predicted octanol–water partition coefficient (Wildman–Crippen LogP) is 2.23. The van der Waals surface area contributed by atoms with E-state index in [-0.39, 0.29) is 17.4 Å². The van der Waals surface area contributed by atoms with Gasteiger partial charge in [0.05, 0.1) is 4.90 Å². The van der Waals surface area contributed by atoms with Crippen LogP contribution in [-0.4, -0.2) is 28.0 Å². The van der Waals surface area contributed by atoms with Gasteiger partial charge in [-0.15, -0.1) is 0 Å². The van der Waals surface area contributed by atoms with Crippen molar-refractivity contribution in [3.63, 3.8) is 0 Å². The molecule has 0 spiro atoms. The molecule has 0 fully saturated rings. The second-order valence-corrected chi connectivity index (χ2v) is 7.22. The molecule has 128 valence electrons. The van der Waals surface area contributed by atoms with Crippen LogP contribution in [-0.2, 0) is 14.8 Å². The first kappa shape index (κ1) is 18.0. The van der Waals surface area contributed by atoms with E-state index in [1.165, 1.54) is 31.3 Å². The van der Waals surface area contributed by atoms with Gasteiger partial charge >= 0.3 is 0 Å². The van der Waals surface area contributed by atoms with Crippen LogP contribution in [0.1, 0.15) is 11.1 Å². The maximum atomic E-state index is 11.9. The summed E-state index contributed by atoms with van der Waals surface area (Å²) in [6.45, 7) is 3.78. The number of amides is 1. The summed E-state index contributed by atoms with van der Waals surface area (Å²) in [6, 6.07) is 11.6. The third-order valence-corrected chi connectivity index (χ3v) is 4.84. The maximum Gasteiger partial charge on any atom is 0.262 e. The number of rotatable bonds is 6. The van der Waals surface area contributed by atoms with Gasteiger partial charge in [-0.1, -0.05) is 17.7 Å². The highest BCUT2D eigenvalue weighted by atomic mass is 32.2. The molecule has 7 heteroatoms. The fourth-order valence-electron chi connectivity index (χ4n) is 2.14. The van der Waals surface area contributed by atoms with E-state index in [9.17, 15) is 13.2 Å². The van der Waals surface area contributed by atoms with Crippen molar-refractivity contribution in [2.45, 2.75) is 18.7 Å². The van der Waals surface area contributed by atoms with Crippen LogP contribution in [0, 0.1) is 13.8 Å². The van der Waals surface area contributed by atoms with Crippen molar-refractivity contribution in [2.24, 2.45) is 0 Å². The normalized spacial score (nSPS) is 11.1. The van der Waals surface area contributed by atoms with Crippen LogP contribution in [0.25, 0.3) is 0 Å². The summed E-state index contributed by atoms with van der Waals surface area (Å²) in [5.41, 5.74) is 2.59. The lowest BCUT2D eigenvalue weighted by atomic mass is 10.1. The maximum absolute atomic E-state index is 11.9. The fraction of sp³-hybridized carbons (Fsp3) is 0.235. The van der Waals surface area contributed by atoms with Crippen LogP contribution in [0.3, 0.4) is 0 Å². The van der Waals surface area contributed by atoms with Crippen LogP contribution in [0.2, 0.25) is 0 Å². The molecule has 2 N–H and O–H groups in total. The molecule has 0 aliphatic carbocycles. The predicted molar refractivity (Wildman–Crippen MR) is 92.7 cm³/mol. The molecule has 6 nitrogen and oxygen atoms in total. The summed E-state index contributed by atoms with van der Waals surface area (Å²) >= 11 is 0. The summed E-state index contributed by atoms with van der Waals surface area (Å²) < 4.78 is 31.0. The van der Waals surface area contributed by atoms with E-state index in [1.807, 2.05) is 32.0 Å². The number of carbonyl (C=O) groups is 1. The molecule has 0 saturated heterocycles.